The molecule has 0 atom stereocenters. The van der Waals surface area contributed by atoms with Gasteiger partial charge in [-0.1, -0.05) is 37.3 Å². The van der Waals surface area contributed by atoms with Crippen molar-refractivity contribution in [1.82, 2.24) is 0 Å². The first-order chi connectivity index (χ1) is 12.0. The van der Waals surface area contributed by atoms with Crippen LogP contribution in [0.4, 0.5) is 11.4 Å². The van der Waals surface area contributed by atoms with Crippen LogP contribution in [0.5, 0.6) is 0 Å². The quantitative estimate of drug-likeness (QED) is 0.867. The largest absolute Gasteiger partial charge is 0.372 e. The summed E-state index contributed by atoms with van der Waals surface area (Å²) in [6.45, 7) is 4.41. The van der Waals surface area contributed by atoms with E-state index in [0.29, 0.717) is 5.69 Å². The smallest absolute Gasteiger partial charge is 0.255 e. The summed E-state index contributed by atoms with van der Waals surface area (Å²) in [5, 5.41) is 1.20. The first-order valence-electron chi connectivity index (χ1n) is 8.63. The number of sulfonamides is 1. The molecular formula is C20H24N2O2S. The molecule has 0 radical (unpaired) electrons. The van der Waals surface area contributed by atoms with Crippen LogP contribution in [-0.2, 0) is 10.0 Å². The second-order valence-electron chi connectivity index (χ2n) is 6.58. The van der Waals surface area contributed by atoms with E-state index >= 15 is 0 Å². The highest BCUT2D eigenvalue weighted by Crippen LogP contribution is 2.24. The van der Waals surface area contributed by atoms with Gasteiger partial charge in [-0.2, -0.15) is 0 Å². The molecule has 1 N–H and O–H groups in total. The summed E-state index contributed by atoms with van der Waals surface area (Å²) in [5.41, 5.74) is 2.57. The SMILES string of the molecule is CC1CCN(c2ccc(NS(=O)(=O)/C=C/c3ccccc3)cc2)CC1. The van der Waals surface area contributed by atoms with Crippen LogP contribution in [0, 0.1) is 5.92 Å². The lowest BCUT2D eigenvalue weighted by atomic mass is 9.99. The fourth-order valence-corrected chi connectivity index (χ4v) is 3.81. The Labute approximate surface area is 150 Å². The summed E-state index contributed by atoms with van der Waals surface area (Å²) in [4.78, 5) is 2.35. The van der Waals surface area contributed by atoms with Crippen molar-refractivity contribution in [2.75, 3.05) is 22.7 Å². The van der Waals surface area contributed by atoms with Crippen LogP contribution in [0.3, 0.4) is 0 Å². The molecule has 132 valence electrons. The van der Waals surface area contributed by atoms with E-state index in [2.05, 4.69) is 16.5 Å². The minimum Gasteiger partial charge on any atom is -0.372 e. The molecule has 3 rings (SSSR count). The second-order valence-corrected chi connectivity index (χ2v) is 8.14. The Kier molecular flexibility index (Phi) is 5.43. The number of rotatable bonds is 5. The van der Waals surface area contributed by atoms with Crippen LogP contribution in [0.1, 0.15) is 25.3 Å². The number of hydrogen-bond donors (Lipinski definition) is 1. The zero-order valence-corrected chi connectivity index (χ0v) is 15.2. The molecule has 2 aromatic carbocycles. The maximum atomic E-state index is 12.2. The van der Waals surface area contributed by atoms with Crippen molar-refractivity contribution < 1.29 is 8.42 Å². The lowest BCUT2D eigenvalue weighted by molar-refractivity contribution is 0.438. The summed E-state index contributed by atoms with van der Waals surface area (Å²) < 4.78 is 27.0. The lowest BCUT2D eigenvalue weighted by Crippen LogP contribution is -2.32. The monoisotopic (exact) mass is 356 g/mol. The maximum Gasteiger partial charge on any atom is 0.255 e. The van der Waals surface area contributed by atoms with E-state index in [-0.39, 0.29) is 0 Å². The summed E-state index contributed by atoms with van der Waals surface area (Å²) in [6, 6.07) is 17.0. The first kappa shape index (κ1) is 17.5. The molecule has 1 fully saturated rings. The molecule has 5 heteroatoms. The van der Waals surface area contributed by atoms with Gasteiger partial charge in [-0.3, -0.25) is 4.72 Å². The predicted molar refractivity (Wildman–Crippen MR) is 105 cm³/mol. The number of hydrogen-bond acceptors (Lipinski definition) is 3. The van der Waals surface area contributed by atoms with E-state index in [1.807, 2.05) is 54.6 Å². The van der Waals surface area contributed by atoms with E-state index < -0.39 is 10.0 Å². The molecule has 0 amide bonds. The van der Waals surface area contributed by atoms with Gasteiger partial charge in [0.1, 0.15) is 0 Å². The van der Waals surface area contributed by atoms with Crippen LogP contribution in [-0.4, -0.2) is 21.5 Å². The van der Waals surface area contributed by atoms with Crippen molar-refractivity contribution in [3.05, 3.63) is 65.6 Å². The zero-order valence-electron chi connectivity index (χ0n) is 14.4. The van der Waals surface area contributed by atoms with Gasteiger partial charge in [-0.15, -0.1) is 0 Å². The van der Waals surface area contributed by atoms with Crippen LogP contribution >= 0.6 is 0 Å². The van der Waals surface area contributed by atoms with Gasteiger partial charge in [0, 0.05) is 24.5 Å². The van der Waals surface area contributed by atoms with Crippen molar-refractivity contribution >= 4 is 27.5 Å². The Morgan fingerprint density at radius 1 is 1.00 bits per heavy atom. The minimum atomic E-state index is -3.52. The Morgan fingerprint density at radius 3 is 2.28 bits per heavy atom. The number of piperidine rings is 1. The van der Waals surface area contributed by atoms with Crippen LogP contribution in [0.2, 0.25) is 0 Å². The Hall–Kier alpha value is -2.27. The fourth-order valence-electron chi connectivity index (χ4n) is 2.94. The Morgan fingerprint density at radius 2 is 1.64 bits per heavy atom. The molecule has 0 spiro atoms. The molecule has 1 saturated heterocycles. The highest BCUT2D eigenvalue weighted by Gasteiger charge is 2.16. The zero-order chi connectivity index (χ0) is 17.7. The number of benzene rings is 2. The number of nitrogens with one attached hydrogen (secondary N) is 1. The molecule has 1 aliphatic heterocycles. The van der Waals surface area contributed by atoms with E-state index in [1.165, 1.54) is 18.2 Å². The topological polar surface area (TPSA) is 49.4 Å². The van der Waals surface area contributed by atoms with E-state index in [0.717, 1.165) is 30.3 Å². The molecule has 1 heterocycles. The maximum absolute atomic E-state index is 12.2. The highest BCUT2D eigenvalue weighted by molar-refractivity contribution is 7.95. The summed E-state index contributed by atoms with van der Waals surface area (Å²) >= 11 is 0. The summed E-state index contributed by atoms with van der Waals surface area (Å²) in [7, 11) is -3.52. The van der Waals surface area contributed by atoms with Gasteiger partial charge < -0.3 is 4.90 Å². The van der Waals surface area contributed by atoms with Crippen LogP contribution in [0.25, 0.3) is 6.08 Å². The van der Waals surface area contributed by atoms with Gasteiger partial charge >= 0.3 is 0 Å². The van der Waals surface area contributed by atoms with Gasteiger partial charge in [0.25, 0.3) is 10.0 Å². The third kappa shape index (κ3) is 5.10. The van der Waals surface area contributed by atoms with E-state index in [1.54, 1.807) is 6.08 Å². The van der Waals surface area contributed by atoms with Crippen molar-refractivity contribution in [2.45, 2.75) is 19.8 Å². The van der Waals surface area contributed by atoms with Gasteiger partial charge in [0.2, 0.25) is 0 Å². The molecule has 0 aromatic heterocycles. The average Bonchev–Trinajstić information content (AvgIpc) is 2.62. The molecule has 0 bridgehead atoms. The van der Waals surface area contributed by atoms with Gasteiger partial charge in [0.15, 0.2) is 0 Å². The molecule has 4 nitrogen and oxygen atoms in total. The Bertz CT molecular complexity index is 807. The molecule has 2 aromatic rings. The molecule has 0 unspecified atom stereocenters. The van der Waals surface area contributed by atoms with Gasteiger partial charge in [-0.05, 0) is 54.7 Å². The number of anilines is 2. The van der Waals surface area contributed by atoms with E-state index in [4.69, 9.17) is 0 Å². The van der Waals surface area contributed by atoms with Gasteiger partial charge in [-0.25, -0.2) is 8.42 Å². The normalized spacial score (nSPS) is 16.3. The van der Waals surface area contributed by atoms with Crippen molar-refractivity contribution in [2.24, 2.45) is 5.92 Å². The second kappa shape index (κ2) is 7.74. The van der Waals surface area contributed by atoms with Crippen LogP contribution < -0.4 is 9.62 Å². The average molecular weight is 356 g/mol. The highest BCUT2D eigenvalue weighted by atomic mass is 32.2. The molecular weight excluding hydrogens is 332 g/mol. The molecule has 1 aliphatic rings. The third-order valence-corrected chi connectivity index (χ3v) is 5.53. The standard InChI is InChI=1S/C20H24N2O2S/c1-17-11-14-22(15-12-17)20-9-7-19(8-10-20)21-25(23,24)16-13-18-5-3-2-4-6-18/h2-10,13,16-17,21H,11-12,14-15H2,1H3/b16-13+. The summed E-state index contributed by atoms with van der Waals surface area (Å²) in [6.07, 6.45) is 4.00. The first-order valence-corrected chi connectivity index (χ1v) is 10.2. The van der Waals surface area contributed by atoms with E-state index in [9.17, 15) is 8.42 Å². The molecule has 25 heavy (non-hydrogen) atoms. The third-order valence-electron chi connectivity index (χ3n) is 4.52. The van der Waals surface area contributed by atoms with Gasteiger partial charge in [0.05, 0.1) is 5.41 Å². The minimum absolute atomic E-state index is 0.576. The fraction of sp³-hybridized carbons (Fsp3) is 0.300. The van der Waals surface area contributed by atoms with Crippen molar-refractivity contribution in [3.63, 3.8) is 0 Å². The number of nitrogens with zero attached hydrogens (tertiary/aromatic N) is 1. The van der Waals surface area contributed by atoms with Crippen molar-refractivity contribution in [1.29, 1.82) is 0 Å². The Balaban J connectivity index is 1.63. The summed E-state index contributed by atoms with van der Waals surface area (Å²) in [5.74, 6) is 0.790. The molecule has 0 aliphatic carbocycles. The lowest BCUT2D eigenvalue weighted by Gasteiger charge is -2.32. The van der Waals surface area contributed by atoms with Crippen molar-refractivity contribution in [3.8, 4) is 0 Å². The predicted octanol–water partition coefficient (Wildman–Crippen LogP) is 4.34. The van der Waals surface area contributed by atoms with Crippen LogP contribution in [0.15, 0.2) is 60.0 Å². The molecule has 0 saturated carbocycles.